The number of nitrogens with one attached hydrogen (secondary N) is 1. The van der Waals surface area contributed by atoms with Crippen molar-refractivity contribution in [2.75, 3.05) is 6.61 Å². The Hall–Kier alpha value is -2.75. The number of aromatic nitrogens is 5. The van der Waals surface area contributed by atoms with Crippen molar-refractivity contribution in [3.8, 4) is 11.5 Å². The lowest BCUT2D eigenvalue weighted by molar-refractivity contribution is -0.142. The minimum absolute atomic E-state index is 0.0888. The van der Waals surface area contributed by atoms with Gasteiger partial charge in [-0.15, -0.1) is 0 Å². The highest BCUT2D eigenvalue weighted by Crippen LogP contribution is 2.21. The summed E-state index contributed by atoms with van der Waals surface area (Å²) in [6, 6.07) is 3.53. The summed E-state index contributed by atoms with van der Waals surface area (Å²) in [5.41, 5.74) is 1.62. The molecule has 0 aliphatic carbocycles. The number of fused-ring (bicyclic) bond motifs is 2. The van der Waals surface area contributed by atoms with Gasteiger partial charge in [0.05, 0.1) is 19.4 Å². The SMILES string of the molecule is O=c1[nH]c(-c2ccc3c(n2)CCOC3)nc2cn(CC(F)(F)F)nc12. The van der Waals surface area contributed by atoms with Gasteiger partial charge in [0.25, 0.3) is 5.56 Å². The first-order valence-electron chi connectivity index (χ1n) is 7.50. The Morgan fingerprint density at radius 1 is 1.28 bits per heavy atom. The highest BCUT2D eigenvalue weighted by Gasteiger charge is 2.29. The summed E-state index contributed by atoms with van der Waals surface area (Å²) in [4.78, 5) is 23.4. The van der Waals surface area contributed by atoms with Gasteiger partial charge in [-0.3, -0.25) is 9.48 Å². The molecule has 3 aromatic rings. The lowest BCUT2D eigenvalue weighted by Crippen LogP contribution is -2.18. The Kier molecular flexibility index (Phi) is 3.57. The molecule has 3 aromatic heterocycles. The number of nitrogens with zero attached hydrogens (tertiary/aromatic N) is 4. The van der Waals surface area contributed by atoms with Gasteiger partial charge in [-0.2, -0.15) is 18.3 Å². The molecule has 1 aliphatic heterocycles. The van der Waals surface area contributed by atoms with Crippen molar-refractivity contribution in [2.45, 2.75) is 25.7 Å². The van der Waals surface area contributed by atoms with Crippen molar-refractivity contribution in [2.24, 2.45) is 0 Å². The number of hydrogen-bond acceptors (Lipinski definition) is 5. The molecule has 0 amide bonds. The molecule has 1 N–H and O–H groups in total. The predicted octanol–water partition coefficient (Wildman–Crippen LogP) is 1.82. The van der Waals surface area contributed by atoms with Crippen LogP contribution in [0.3, 0.4) is 0 Å². The van der Waals surface area contributed by atoms with Crippen LogP contribution in [0.4, 0.5) is 13.2 Å². The van der Waals surface area contributed by atoms with Gasteiger partial charge in [-0.05, 0) is 11.6 Å². The van der Waals surface area contributed by atoms with E-state index < -0.39 is 18.3 Å². The van der Waals surface area contributed by atoms with E-state index in [0.717, 1.165) is 17.5 Å². The minimum Gasteiger partial charge on any atom is -0.376 e. The molecule has 10 heteroatoms. The van der Waals surface area contributed by atoms with Crippen LogP contribution in [0, 0.1) is 0 Å². The third-order valence-electron chi connectivity index (χ3n) is 3.81. The second kappa shape index (κ2) is 5.66. The van der Waals surface area contributed by atoms with Gasteiger partial charge in [0.1, 0.15) is 17.8 Å². The summed E-state index contributed by atoms with van der Waals surface area (Å²) in [5.74, 6) is 0.193. The van der Waals surface area contributed by atoms with E-state index in [1.54, 1.807) is 6.07 Å². The van der Waals surface area contributed by atoms with Crippen molar-refractivity contribution in [1.29, 1.82) is 0 Å². The molecule has 0 radical (unpaired) electrons. The van der Waals surface area contributed by atoms with E-state index in [4.69, 9.17) is 4.74 Å². The summed E-state index contributed by atoms with van der Waals surface area (Å²) in [6.45, 7) is -0.234. The Morgan fingerprint density at radius 3 is 2.92 bits per heavy atom. The number of H-pyrrole nitrogens is 1. The molecule has 0 fully saturated rings. The van der Waals surface area contributed by atoms with E-state index in [9.17, 15) is 18.0 Å². The van der Waals surface area contributed by atoms with Crippen LogP contribution in [-0.4, -0.2) is 37.5 Å². The quantitative estimate of drug-likeness (QED) is 0.761. The van der Waals surface area contributed by atoms with Crippen molar-refractivity contribution in [1.82, 2.24) is 24.7 Å². The monoisotopic (exact) mass is 351 g/mol. The van der Waals surface area contributed by atoms with Crippen LogP contribution in [0.5, 0.6) is 0 Å². The van der Waals surface area contributed by atoms with E-state index >= 15 is 0 Å². The lowest BCUT2D eigenvalue weighted by atomic mass is 10.1. The largest absolute Gasteiger partial charge is 0.408 e. The number of alkyl halides is 3. The molecule has 0 aromatic carbocycles. The maximum Gasteiger partial charge on any atom is 0.408 e. The molecular formula is C15H12F3N5O2. The van der Waals surface area contributed by atoms with E-state index in [2.05, 4.69) is 20.1 Å². The van der Waals surface area contributed by atoms with Crippen molar-refractivity contribution < 1.29 is 17.9 Å². The molecule has 130 valence electrons. The fraction of sp³-hybridized carbons (Fsp3) is 0.333. The second-order valence-corrected chi connectivity index (χ2v) is 5.70. The molecule has 0 bridgehead atoms. The van der Waals surface area contributed by atoms with Crippen LogP contribution in [0.15, 0.2) is 23.1 Å². The lowest BCUT2D eigenvalue weighted by Gasteiger charge is -2.15. The molecular weight excluding hydrogens is 339 g/mol. The average molecular weight is 351 g/mol. The number of aromatic amines is 1. The normalized spacial score (nSPS) is 14.7. The Morgan fingerprint density at radius 2 is 2.12 bits per heavy atom. The molecule has 7 nitrogen and oxygen atoms in total. The van der Waals surface area contributed by atoms with E-state index in [1.807, 2.05) is 6.07 Å². The molecule has 25 heavy (non-hydrogen) atoms. The molecule has 0 unspecified atom stereocenters. The van der Waals surface area contributed by atoms with Gasteiger partial charge in [-0.1, -0.05) is 6.07 Å². The van der Waals surface area contributed by atoms with Crippen LogP contribution in [0.1, 0.15) is 11.3 Å². The summed E-state index contributed by atoms with van der Waals surface area (Å²) >= 11 is 0. The highest BCUT2D eigenvalue weighted by atomic mass is 19.4. The fourth-order valence-corrected chi connectivity index (χ4v) is 2.72. The first-order valence-corrected chi connectivity index (χ1v) is 7.50. The first-order chi connectivity index (χ1) is 11.9. The van der Waals surface area contributed by atoms with Gasteiger partial charge in [0.2, 0.25) is 0 Å². The molecule has 0 saturated heterocycles. The third kappa shape index (κ3) is 3.12. The zero-order valence-electron chi connectivity index (χ0n) is 12.8. The van der Waals surface area contributed by atoms with Gasteiger partial charge < -0.3 is 9.72 Å². The first kappa shape index (κ1) is 15.8. The molecule has 0 saturated carbocycles. The van der Waals surface area contributed by atoms with Gasteiger partial charge in [0.15, 0.2) is 11.3 Å². The van der Waals surface area contributed by atoms with Gasteiger partial charge in [0, 0.05) is 12.1 Å². The minimum atomic E-state index is -4.43. The van der Waals surface area contributed by atoms with Crippen LogP contribution in [0.2, 0.25) is 0 Å². The standard InChI is InChI=1S/C15H12F3N5O2/c16-15(17,18)7-23-5-11-12(22-23)14(24)21-13(20-11)10-2-1-8-6-25-4-3-9(8)19-10/h1-2,5H,3-4,6-7H2,(H,20,21,24). The Labute approximate surface area is 138 Å². The molecule has 1 aliphatic rings. The van der Waals surface area contributed by atoms with Gasteiger partial charge in [-0.25, -0.2) is 9.97 Å². The summed E-state index contributed by atoms with van der Waals surface area (Å²) in [7, 11) is 0. The Bertz CT molecular complexity index is 1010. The predicted molar refractivity (Wildman–Crippen MR) is 80.8 cm³/mol. The third-order valence-corrected chi connectivity index (χ3v) is 3.81. The number of rotatable bonds is 2. The Balaban J connectivity index is 1.77. The van der Waals surface area contributed by atoms with Gasteiger partial charge >= 0.3 is 6.18 Å². The maximum atomic E-state index is 12.5. The van der Waals surface area contributed by atoms with Crippen molar-refractivity contribution >= 4 is 11.0 Å². The van der Waals surface area contributed by atoms with Crippen molar-refractivity contribution in [3.63, 3.8) is 0 Å². The molecule has 4 rings (SSSR count). The number of ether oxygens (including phenoxy) is 1. The van der Waals surface area contributed by atoms with Crippen LogP contribution in [-0.2, 0) is 24.3 Å². The zero-order chi connectivity index (χ0) is 17.6. The van der Waals surface area contributed by atoms with Crippen LogP contribution >= 0.6 is 0 Å². The maximum absolute atomic E-state index is 12.5. The molecule has 0 atom stereocenters. The molecule has 4 heterocycles. The van der Waals surface area contributed by atoms with Crippen LogP contribution in [0.25, 0.3) is 22.6 Å². The highest BCUT2D eigenvalue weighted by molar-refractivity contribution is 5.74. The zero-order valence-corrected chi connectivity index (χ0v) is 12.8. The van der Waals surface area contributed by atoms with Crippen molar-refractivity contribution in [3.05, 3.63) is 39.9 Å². The average Bonchev–Trinajstić information content (AvgIpc) is 2.95. The number of hydrogen-bond donors (Lipinski definition) is 1. The van der Waals surface area contributed by atoms with E-state index in [0.29, 0.717) is 30.0 Å². The smallest absolute Gasteiger partial charge is 0.376 e. The number of pyridine rings is 1. The fourth-order valence-electron chi connectivity index (χ4n) is 2.72. The van der Waals surface area contributed by atoms with E-state index in [1.165, 1.54) is 0 Å². The summed E-state index contributed by atoms with van der Waals surface area (Å²) < 4.78 is 43.5. The number of halogens is 3. The second-order valence-electron chi connectivity index (χ2n) is 5.70. The summed E-state index contributed by atoms with van der Waals surface area (Å²) in [5, 5.41) is 3.66. The molecule has 0 spiro atoms. The summed E-state index contributed by atoms with van der Waals surface area (Å²) in [6.07, 6.45) is -2.67. The van der Waals surface area contributed by atoms with Crippen LogP contribution < -0.4 is 5.56 Å². The van der Waals surface area contributed by atoms with E-state index in [-0.39, 0.29) is 16.9 Å². The topological polar surface area (TPSA) is 85.7 Å².